The molecule has 24 heavy (non-hydrogen) atoms. The smallest absolute Gasteiger partial charge is 0.362 e. The summed E-state index contributed by atoms with van der Waals surface area (Å²) in [6.07, 6.45) is -3.58. The Balaban J connectivity index is 2.06. The molecule has 0 unspecified atom stereocenters. The van der Waals surface area contributed by atoms with Gasteiger partial charge in [0.1, 0.15) is 0 Å². The van der Waals surface area contributed by atoms with Gasteiger partial charge in [0.15, 0.2) is 0 Å². The molecule has 3 rings (SSSR count). The third-order valence-corrected chi connectivity index (χ3v) is 5.25. The number of halogens is 4. The first kappa shape index (κ1) is 17.4. The van der Waals surface area contributed by atoms with Crippen LogP contribution < -0.4 is 0 Å². The van der Waals surface area contributed by atoms with Gasteiger partial charge in [-0.3, -0.25) is 4.79 Å². The Morgan fingerprint density at radius 3 is 2.54 bits per heavy atom. The number of nitrogens with zero attached hydrogens (tertiary/aromatic N) is 2. The molecule has 3 atom stereocenters. The van der Waals surface area contributed by atoms with Crippen LogP contribution in [0, 0.1) is 11.8 Å². The second kappa shape index (κ2) is 5.84. The van der Waals surface area contributed by atoms with E-state index < -0.39 is 23.7 Å². The van der Waals surface area contributed by atoms with Gasteiger partial charge in [-0.25, -0.2) is 0 Å². The zero-order valence-electron chi connectivity index (χ0n) is 12.8. The van der Waals surface area contributed by atoms with E-state index in [0.717, 1.165) is 0 Å². The van der Waals surface area contributed by atoms with Crippen molar-refractivity contribution in [2.24, 2.45) is 16.9 Å². The number of fused-ring (bicyclic) bond motifs is 1. The van der Waals surface area contributed by atoms with Gasteiger partial charge in [-0.15, -0.1) is 0 Å². The molecule has 1 aromatic rings. The second-order valence-corrected chi connectivity index (χ2v) is 7.17. The minimum Gasteiger partial charge on any atom is -0.362 e. The summed E-state index contributed by atoms with van der Waals surface area (Å²) in [7, 11) is 0. The van der Waals surface area contributed by atoms with Crippen molar-refractivity contribution in [1.29, 1.82) is 0 Å². The average molecular weight is 405 g/mol. The van der Waals surface area contributed by atoms with Crippen LogP contribution in [-0.2, 0) is 0 Å². The molecule has 2 aliphatic rings. The number of alkyl halides is 3. The van der Waals surface area contributed by atoms with Crippen LogP contribution in [0.3, 0.4) is 0 Å². The number of hydrogen-bond acceptors (Lipinski definition) is 3. The zero-order valence-corrected chi connectivity index (χ0v) is 14.4. The maximum absolute atomic E-state index is 13.7. The van der Waals surface area contributed by atoms with E-state index in [1.807, 2.05) is 0 Å². The topological polar surface area (TPSA) is 52.9 Å². The lowest BCUT2D eigenvalue weighted by atomic mass is 9.75. The highest BCUT2D eigenvalue weighted by atomic mass is 79.9. The fourth-order valence-electron chi connectivity index (χ4n) is 3.42. The first-order valence-electron chi connectivity index (χ1n) is 7.64. The van der Waals surface area contributed by atoms with Gasteiger partial charge in [0.2, 0.25) is 0 Å². The summed E-state index contributed by atoms with van der Waals surface area (Å²) in [5.74, 6) is -2.36. The molecule has 1 aliphatic heterocycles. The van der Waals surface area contributed by atoms with Crippen molar-refractivity contribution in [3.63, 3.8) is 0 Å². The molecule has 0 bridgehead atoms. The van der Waals surface area contributed by atoms with Gasteiger partial charge in [-0.05, 0) is 43.0 Å². The SMILES string of the molecule is C[C@@H]1CCC[C@H]2C1=NN(C(=O)c1ccc(Br)cc1)[C@]2(O)C(F)(F)F. The number of carbonyl (C=O) groups excluding carboxylic acids is 1. The van der Waals surface area contributed by atoms with Crippen molar-refractivity contribution < 1.29 is 23.1 Å². The van der Waals surface area contributed by atoms with E-state index in [0.29, 0.717) is 17.3 Å². The summed E-state index contributed by atoms with van der Waals surface area (Å²) in [5, 5.41) is 14.7. The second-order valence-electron chi connectivity index (χ2n) is 6.26. The van der Waals surface area contributed by atoms with Gasteiger partial charge in [0.25, 0.3) is 11.6 Å². The normalized spacial score (nSPS) is 30.1. The van der Waals surface area contributed by atoms with Gasteiger partial charge in [0, 0.05) is 15.7 Å². The molecular weight excluding hydrogens is 389 g/mol. The largest absolute Gasteiger partial charge is 0.439 e. The Labute approximate surface area is 145 Å². The van der Waals surface area contributed by atoms with Gasteiger partial charge in [-0.1, -0.05) is 29.3 Å². The van der Waals surface area contributed by atoms with E-state index in [-0.39, 0.29) is 28.6 Å². The van der Waals surface area contributed by atoms with Crippen molar-refractivity contribution in [2.75, 3.05) is 0 Å². The molecule has 8 heteroatoms. The predicted octanol–water partition coefficient (Wildman–Crippen LogP) is 3.95. The maximum atomic E-state index is 13.7. The van der Waals surface area contributed by atoms with Crippen LogP contribution in [0.5, 0.6) is 0 Å². The van der Waals surface area contributed by atoms with E-state index in [2.05, 4.69) is 21.0 Å². The molecule has 1 N–H and O–H groups in total. The van der Waals surface area contributed by atoms with Crippen LogP contribution in [0.15, 0.2) is 33.8 Å². The summed E-state index contributed by atoms with van der Waals surface area (Å²) < 4.78 is 41.8. The van der Waals surface area contributed by atoms with Crippen molar-refractivity contribution in [2.45, 2.75) is 38.1 Å². The molecule has 1 amide bonds. The Morgan fingerprint density at radius 2 is 1.96 bits per heavy atom. The highest BCUT2D eigenvalue weighted by Crippen LogP contribution is 2.49. The Bertz CT molecular complexity index is 690. The number of amides is 1. The monoisotopic (exact) mass is 404 g/mol. The Morgan fingerprint density at radius 1 is 1.33 bits per heavy atom. The quantitative estimate of drug-likeness (QED) is 0.770. The zero-order chi connectivity index (χ0) is 17.7. The van der Waals surface area contributed by atoms with E-state index >= 15 is 0 Å². The minimum atomic E-state index is -5.00. The van der Waals surface area contributed by atoms with Gasteiger partial charge >= 0.3 is 6.18 Å². The minimum absolute atomic E-state index is 0.0384. The summed E-state index contributed by atoms with van der Waals surface area (Å²) in [4.78, 5) is 12.6. The molecule has 1 fully saturated rings. The Hall–Kier alpha value is -1.41. The van der Waals surface area contributed by atoms with Crippen molar-refractivity contribution in [1.82, 2.24) is 5.01 Å². The number of carbonyl (C=O) groups is 1. The Kier molecular flexibility index (Phi) is 4.24. The lowest BCUT2D eigenvalue weighted by Crippen LogP contribution is -2.61. The van der Waals surface area contributed by atoms with Crippen LogP contribution in [0.4, 0.5) is 13.2 Å². The number of aliphatic hydroxyl groups is 1. The van der Waals surface area contributed by atoms with E-state index in [4.69, 9.17) is 0 Å². The molecule has 1 saturated carbocycles. The van der Waals surface area contributed by atoms with Crippen molar-refractivity contribution >= 4 is 27.5 Å². The molecule has 0 radical (unpaired) electrons. The van der Waals surface area contributed by atoms with Crippen LogP contribution in [0.25, 0.3) is 0 Å². The molecule has 1 aromatic carbocycles. The number of hydrogen-bond donors (Lipinski definition) is 1. The molecule has 0 spiro atoms. The molecular formula is C16H16BrF3N2O2. The fraction of sp³-hybridized carbons (Fsp3) is 0.500. The number of hydrazone groups is 1. The van der Waals surface area contributed by atoms with Crippen molar-refractivity contribution in [3.05, 3.63) is 34.3 Å². The van der Waals surface area contributed by atoms with E-state index in [1.54, 1.807) is 19.1 Å². The molecule has 1 heterocycles. The highest BCUT2D eigenvalue weighted by molar-refractivity contribution is 9.10. The predicted molar refractivity (Wildman–Crippen MR) is 85.3 cm³/mol. The molecule has 130 valence electrons. The lowest BCUT2D eigenvalue weighted by molar-refractivity contribution is -0.312. The molecule has 0 aromatic heterocycles. The summed E-state index contributed by atoms with van der Waals surface area (Å²) in [6.45, 7) is 1.77. The van der Waals surface area contributed by atoms with Crippen LogP contribution in [0.1, 0.15) is 36.5 Å². The maximum Gasteiger partial charge on any atom is 0.439 e. The fourth-order valence-corrected chi connectivity index (χ4v) is 3.68. The lowest BCUT2D eigenvalue weighted by Gasteiger charge is -2.39. The molecule has 1 aliphatic carbocycles. The van der Waals surface area contributed by atoms with E-state index in [1.165, 1.54) is 12.1 Å². The van der Waals surface area contributed by atoms with Crippen molar-refractivity contribution in [3.8, 4) is 0 Å². The molecule has 0 saturated heterocycles. The number of benzene rings is 1. The third kappa shape index (κ3) is 2.56. The molecule has 4 nitrogen and oxygen atoms in total. The highest BCUT2D eigenvalue weighted by Gasteiger charge is 2.69. The van der Waals surface area contributed by atoms with Gasteiger partial charge in [0.05, 0.1) is 5.92 Å². The number of rotatable bonds is 1. The first-order chi connectivity index (χ1) is 11.2. The third-order valence-electron chi connectivity index (χ3n) is 4.72. The average Bonchev–Trinajstić information content (AvgIpc) is 2.83. The summed E-state index contributed by atoms with van der Waals surface area (Å²) in [6, 6.07) is 5.90. The van der Waals surface area contributed by atoms with E-state index in [9.17, 15) is 23.1 Å². The first-order valence-corrected chi connectivity index (χ1v) is 8.43. The van der Waals surface area contributed by atoms with Crippen LogP contribution in [0.2, 0.25) is 0 Å². The summed E-state index contributed by atoms with van der Waals surface area (Å²) in [5.41, 5.74) is -3.00. The van der Waals surface area contributed by atoms with Crippen LogP contribution in [-0.4, -0.2) is 33.6 Å². The van der Waals surface area contributed by atoms with Gasteiger partial charge in [-0.2, -0.15) is 23.3 Å². The summed E-state index contributed by atoms with van der Waals surface area (Å²) >= 11 is 3.21. The standard InChI is InChI=1S/C16H16BrF3N2O2/c1-9-3-2-4-12-13(9)21-22(15(12,24)16(18,19)20)14(23)10-5-7-11(17)8-6-10/h5-9,12,24H,2-4H2,1H3/t9-,12+,15-/m1/s1. The van der Waals surface area contributed by atoms with Gasteiger partial charge < -0.3 is 5.11 Å². The van der Waals surface area contributed by atoms with Crippen LogP contribution >= 0.6 is 15.9 Å².